The lowest BCUT2D eigenvalue weighted by Crippen LogP contribution is -2.15. The summed E-state index contributed by atoms with van der Waals surface area (Å²) in [4.78, 5) is 15.2. The van der Waals surface area contributed by atoms with Gasteiger partial charge in [0.2, 0.25) is 0 Å². The van der Waals surface area contributed by atoms with Crippen LogP contribution in [0, 0.1) is 4.91 Å². The Labute approximate surface area is 121 Å². The van der Waals surface area contributed by atoms with Crippen molar-refractivity contribution in [3.05, 3.63) is 43.8 Å². The van der Waals surface area contributed by atoms with Crippen molar-refractivity contribution in [3.8, 4) is 0 Å². The lowest BCUT2D eigenvalue weighted by molar-refractivity contribution is -0.407. The molecule has 1 aromatic heterocycles. The van der Waals surface area contributed by atoms with Crippen LogP contribution in [0.1, 0.15) is 30.2 Å². The highest BCUT2D eigenvalue weighted by Crippen LogP contribution is 2.39. The number of thioether (sulfide) groups is 1. The molecule has 0 saturated heterocycles. The van der Waals surface area contributed by atoms with Crippen LogP contribution in [-0.2, 0) is 13.0 Å². The molecule has 0 atom stereocenters. The summed E-state index contributed by atoms with van der Waals surface area (Å²) in [5, 5.41) is 4.30. The van der Waals surface area contributed by atoms with E-state index in [1.807, 2.05) is 0 Å². The molecule has 0 aromatic carbocycles. The minimum absolute atomic E-state index is 0.752. The van der Waals surface area contributed by atoms with E-state index in [4.69, 9.17) is 0 Å². The molecule has 5 heteroatoms. The van der Waals surface area contributed by atoms with Crippen molar-refractivity contribution < 1.29 is 4.76 Å². The maximum atomic E-state index is 12.6. The van der Waals surface area contributed by atoms with Crippen LogP contribution >= 0.6 is 23.1 Å². The number of nitroso groups, excluding NO2 is 1. The van der Waals surface area contributed by atoms with Gasteiger partial charge in [0.15, 0.2) is 0 Å². The first kappa shape index (κ1) is 12.9. The first-order chi connectivity index (χ1) is 9.22. The van der Waals surface area contributed by atoms with E-state index < -0.39 is 0 Å². The molecule has 1 aliphatic carbocycles. The van der Waals surface area contributed by atoms with Crippen molar-refractivity contribution in [1.82, 2.24) is 5.32 Å². The molecule has 2 aliphatic rings. The maximum absolute atomic E-state index is 12.6. The van der Waals surface area contributed by atoms with Gasteiger partial charge in [-0.1, -0.05) is 18.3 Å². The van der Waals surface area contributed by atoms with Crippen LogP contribution in [0.5, 0.6) is 0 Å². The summed E-state index contributed by atoms with van der Waals surface area (Å²) in [6, 6.07) is 2.16. The average molecular weight is 293 g/mol. The summed E-state index contributed by atoms with van der Waals surface area (Å²) in [7, 11) is 0. The zero-order valence-electron chi connectivity index (χ0n) is 11.2. The topological polar surface area (TPSA) is 32.1 Å². The van der Waals surface area contributed by atoms with Crippen LogP contribution in [0.2, 0.25) is 0 Å². The quantitative estimate of drug-likeness (QED) is 0.834. The lowest BCUT2D eigenvalue weighted by Gasteiger charge is -2.12. The maximum Gasteiger partial charge on any atom is 0.323 e. The minimum atomic E-state index is 0.752. The van der Waals surface area contributed by atoms with Crippen molar-refractivity contribution in [1.29, 1.82) is 0 Å². The summed E-state index contributed by atoms with van der Waals surface area (Å²) in [5.74, 6) is 0. The molecule has 0 radical (unpaired) electrons. The van der Waals surface area contributed by atoms with Gasteiger partial charge in [-0.05, 0) is 36.1 Å². The van der Waals surface area contributed by atoms with E-state index in [1.54, 1.807) is 23.1 Å². The highest BCUT2D eigenvalue weighted by atomic mass is 32.2. The third kappa shape index (κ3) is 2.25. The van der Waals surface area contributed by atoms with E-state index in [0.717, 1.165) is 52.5 Å². The molecule has 1 aliphatic heterocycles. The number of allylic oxidation sites excluding steroid dienone is 3. The number of thiophene rings is 1. The summed E-state index contributed by atoms with van der Waals surface area (Å²) in [6.45, 7) is 2.88. The molecular weight excluding hydrogens is 276 g/mol. The Balaban J connectivity index is 2.02. The number of aryl methyl sites for hydroxylation is 1. The van der Waals surface area contributed by atoms with Gasteiger partial charge in [0, 0.05) is 22.7 Å². The molecule has 2 heterocycles. The largest absolute Gasteiger partial charge is 0.375 e. The fraction of sp³-hybridized carbons (Fsp3) is 0.429. The molecule has 0 unspecified atom stereocenters. The second kappa shape index (κ2) is 5.13. The van der Waals surface area contributed by atoms with Crippen LogP contribution in [0.4, 0.5) is 5.00 Å². The van der Waals surface area contributed by atoms with E-state index in [-0.39, 0.29) is 0 Å². The molecule has 0 spiro atoms. The molecule has 0 fully saturated rings. The SMILES string of the molecule is CCc1cc2c(s1)[N+](=O)C1=C(C=C(SC)CC1)NC2. The second-order valence-corrected chi connectivity index (χ2v) is 6.77. The van der Waals surface area contributed by atoms with Crippen molar-refractivity contribution in [2.24, 2.45) is 0 Å². The standard InChI is InChI=1S/C14H17N2OS2/c1-3-10-6-9-8-15-12-7-11(18-2)4-5-13(12)16(17)14(9)19-10/h6-7,15H,3-5,8H2,1-2H3/q+1. The summed E-state index contributed by atoms with van der Waals surface area (Å²) in [6.07, 6.45) is 7.02. The Bertz CT molecular complexity index is 599. The van der Waals surface area contributed by atoms with Gasteiger partial charge in [-0.3, -0.25) is 0 Å². The molecule has 3 nitrogen and oxygen atoms in total. The van der Waals surface area contributed by atoms with Crippen molar-refractivity contribution in [2.75, 3.05) is 6.26 Å². The fourth-order valence-electron chi connectivity index (χ4n) is 2.48. The van der Waals surface area contributed by atoms with Gasteiger partial charge < -0.3 is 5.32 Å². The van der Waals surface area contributed by atoms with Crippen molar-refractivity contribution in [3.63, 3.8) is 0 Å². The van der Waals surface area contributed by atoms with Crippen LogP contribution in [0.25, 0.3) is 0 Å². The van der Waals surface area contributed by atoms with Gasteiger partial charge in [-0.2, -0.15) is 0 Å². The number of fused-ring (bicyclic) bond motifs is 1. The van der Waals surface area contributed by atoms with Gasteiger partial charge in [0.05, 0.1) is 10.3 Å². The molecule has 1 aromatic rings. The predicted octanol–water partition coefficient (Wildman–Crippen LogP) is 4.08. The highest BCUT2D eigenvalue weighted by Gasteiger charge is 2.34. The van der Waals surface area contributed by atoms with E-state index >= 15 is 0 Å². The third-order valence-corrected chi connectivity index (χ3v) is 5.71. The van der Waals surface area contributed by atoms with E-state index in [0.29, 0.717) is 0 Å². The molecule has 0 amide bonds. The van der Waals surface area contributed by atoms with Crippen LogP contribution in [-0.4, -0.2) is 11.0 Å². The first-order valence-corrected chi connectivity index (χ1v) is 8.57. The Morgan fingerprint density at radius 2 is 2.32 bits per heavy atom. The smallest absolute Gasteiger partial charge is 0.323 e. The molecule has 0 bridgehead atoms. The lowest BCUT2D eigenvalue weighted by atomic mass is 10.1. The fourth-order valence-corrected chi connectivity index (χ4v) is 4.07. The summed E-state index contributed by atoms with van der Waals surface area (Å²) < 4.78 is 1.15. The van der Waals surface area contributed by atoms with E-state index in [9.17, 15) is 4.91 Å². The van der Waals surface area contributed by atoms with Gasteiger partial charge >= 0.3 is 5.00 Å². The van der Waals surface area contributed by atoms with Gasteiger partial charge in [-0.25, -0.2) is 0 Å². The second-order valence-electron chi connectivity index (χ2n) is 4.72. The Kier molecular flexibility index (Phi) is 3.50. The Morgan fingerprint density at radius 3 is 3.05 bits per heavy atom. The van der Waals surface area contributed by atoms with Crippen LogP contribution in [0.15, 0.2) is 28.4 Å². The molecular formula is C14H17N2OS2+. The van der Waals surface area contributed by atoms with Crippen LogP contribution in [0.3, 0.4) is 0 Å². The van der Waals surface area contributed by atoms with Crippen molar-refractivity contribution >= 4 is 28.1 Å². The van der Waals surface area contributed by atoms with Gasteiger partial charge in [0.25, 0.3) is 5.70 Å². The predicted molar refractivity (Wildman–Crippen MR) is 81.7 cm³/mol. The molecule has 19 heavy (non-hydrogen) atoms. The van der Waals surface area contributed by atoms with E-state index in [1.165, 1.54) is 9.78 Å². The zero-order valence-corrected chi connectivity index (χ0v) is 12.8. The van der Waals surface area contributed by atoms with Gasteiger partial charge in [-0.15, -0.1) is 11.8 Å². The Hall–Kier alpha value is -1.07. The zero-order chi connectivity index (χ0) is 13.4. The molecule has 0 saturated carbocycles. The first-order valence-electron chi connectivity index (χ1n) is 6.53. The number of rotatable bonds is 2. The number of hydrogen-bond donors (Lipinski definition) is 1. The molecule has 100 valence electrons. The Morgan fingerprint density at radius 1 is 1.47 bits per heavy atom. The average Bonchev–Trinajstić information content (AvgIpc) is 2.82. The third-order valence-electron chi connectivity index (χ3n) is 3.57. The highest BCUT2D eigenvalue weighted by molar-refractivity contribution is 8.02. The summed E-state index contributed by atoms with van der Waals surface area (Å²) >= 11 is 3.40. The molecule has 3 rings (SSSR count). The molecule has 1 N–H and O–H groups in total. The van der Waals surface area contributed by atoms with Gasteiger partial charge in [0.1, 0.15) is 5.70 Å². The van der Waals surface area contributed by atoms with Crippen molar-refractivity contribution in [2.45, 2.75) is 32.7 Å². The van der Waals surface area contributed by atoms with E-state index in [2.05, 4.69) is 30.6 Å². The number of nitrogens with one attached hydrogen (secondary N) is 1. The monoisotopic (exact) mass is 293 g/mol. The summed E-state index contributed by atoms with van der Waals surface area (Å²) in [5.41, 5.74) is 3.03. The van der Waals surface area contributed by atoms with Crippen LogP contribution < -0.4 is 5.32 Å². The number of nitrogens with zero attached hydrogens (tertiary/aromatic N) is 1. The number of hydrogen-bond acceptors (Lipinski definition) is 4. The normalized spacial score (nSPS) is 18.4. The minimum Gasteiger partial charge on any atom is -0.375 e.